The van der Waals surface area contributed by atoms with Gasteiger partial charge in [-0.05, 0) is 18.6 Å². The number of nitrogens with zero attached hydrogens (tertiary/aromatic N) is 2. The molecule has 0 saturated heterocycles. The molecule has 8 heteroatoms. The van der Waals surface area contributed by atoms with Crippen LogP contribution in [0.4, 0.5) is 5.82 Å². The van der Waals surface area contributed by atoms with E-state index in [4.69, 9.17) is 4.52 Å². The molecule has 0 aliphatic carbocycles. The van der Waals surface area contributed by atoms with Crippen LogP contribution in [-0.4, -0.2) is 25.1 Å². The minimum absolute atomic E-state index is 0.0461. The van der Waals surface area contributed by atoms with Gasteiger partial charge in [-0.3, -0.25) is 0 Å². The van der Waals surface area contributed by atoms with Crippen molar-refractivity contribution in [2.75, 3.05) is 11.9 Å². The van der Waals surface area contributed by atoms with Crippen LogP contribution >= 0.6 is 0 Å². The molecule has 0 atom stereocenters. The summed E-state index contributed by atoms with van der Waals surface area (Å²) >= 11 is 0. The predicted octanol–water partition coefficient (Wildman–Crippen LogP) is 1.37. The van der Waals surface area contributed by atoms with Crippen LogP contribution in [0.1, 0.15) is 19.1 Å². The first-order valence-electron chi connectivity index (χ1n) is 6.21. The molecule has 0 amide bonds. The molecule has 0 aromatic carbocycles. The fraction of sp³-hybridized carbons (Fsp3) is 0.333. The van der Waals surface area contributed by atoms with Crippen molar-refractivity contribution in [2.45, 2.75) is 24.8 Å². The van der Waals surface area contributed by atoms with Gasteiger partial charge in [0.15, 0.2) is 5.76 Å². The summed E-state index contributed by atoms with van der Waals surface area (Å²) in [4.78, 5) is 4.18. The van der Waals surface area contributed by atoms with E-state index < -0.39 is 10.0 Å². The summed E-state index contributed by atoms with van der Waals surface area (Å²) in [5.74, 6) is 0.792. The maximum atomic E-state index is 12.3. The lowest BCUT2D eigenvalue weighted by molar-refractivity contribution is 0.380. The topological polar surface area (TPSA) is 97.1 Å². The molecule has 0 aliphatic rings. The number of aromatic nitrogens is 2. The predicted molar refractivity (Wildman–Crippen MR) is 73.5 cm³/mol. The van der Waals surface area contributed by atoms with Crippen LogP contribution < -0.4 is 10.0 Å². The van der Waals surface area contributed by atoms with Gasteiger partial charge in [0.25, 0.3) is 0 Å². The van der Waals surface area contributed by atoms with Gasteiger partial charge in [-0.25, -0.2) is 18.1 Å². The third kappa shape index (κ3) is 3.55. The average Bonchev–Trinajstić information content (AvgIpc) is 2.97. The monoisotopic (exact) mass is 296 g/mol. The second-order valence-corrected chi connectivity index (χ2v) is 5.82. The summed E-state index contributed by atoms with van der Waals surface area (Å²) in [5, 5.41) is 6.52. The summed E-state index contributed by atoms with van der Waals surface area (Å²) in [6, 6.07) is 4.69. The van der Waals surface area contributed by atoms with Gasteiger partial charge in [-0.2, -0.15) is 0 Å². The molecule has 0 radical (unpaired) electrons. The van der Waals surface area contributed by atoms with Crippen molar-refractivity contribution >= 4 is 15.8 Å². The van der Waals surface area contributed by atoms with Crippen LogP contribution in [0.15, 0.2) is 40.0 Å². The highest BCUT2D eigenvalue weighted by molar-refractivity contribution is 7.89. The SMILES string of the molecule is CCCNc1ncccc1S(=O)(=O)NCc1ccno1. The second kappa shape index (κ2) is 6.49. The lowest BCUT2D eigenvalue weighted by Gasteiger charge is -2.10. The molecule has 108 valence electrons. The van der Waals surface area contributed by atoms with E-state index in [1.165, 1.54) is 12.3 Å². The standard InChI is InChI=1S/C12H16N4O3S/c1-2-6-13-12-11(4-3-7-14-12)20(17,18)16-9-10-5-8-15-19-10/h3-5,7-8,16H,2,6,9H2,1H3,(H,13,14). The number of pyridine rings is 1. The largest absolute Gasteiger partial charge is 0.369 e. The highest BCUT2D eigenvalue weighted by Crippen LogP contribution is 2.18. The van der Waals surface area contributed by atoms with Crippen molar-refractivity contribution in [1.82, 2.24) is 14.9 Å². The first-order valence-corrected chi connectivity index (χ1v) is 7.70. The molecule has 0 bridgehead atoms. The summed E-state index contributed by atoms with van der Waals surface area (Å²) < 4.78 is 31.8. The highest BCUT2D eigenvalue weighted by Gasteiger charge is 2.19. The van der Waals surface area contributed by atoms with Gasteiger partial charge in [-0.1, -0.05) is 12.1 Å². The van der Waals surface area contributed by atoms with E-state index in [0.29, 0.717) is 18.1 Å². The normalized spacial score (nSPS) is 11.4. The Labute approximate surface area is 117 Å². The first kappa shape index (κ1) is 14.5. The minimum atomic E-state index is -3.66. The summed E-state index contributed by atoms with van der Waals surface area (Å²) in [5.41, 5.74) is 0. The zero-order valence-electron chi connectivity index (χ0n) is 11.0. The molecule has 2 heterocycles. The van der Waals surface area contributed by atoms with Crippen molar-refractivity contribution < 1.29 is 12.9 Å². The molecule has 2 N–H and O–H groups in total. The molecule has 2 rings (SSSR count). The van der Waals surface area contributed by atoms with E-state index in [2.05, 4.69) is 20.2 Å². The fourth-order valence-electron chi connectivity index (χ4n) is 1.56. The number of hydrogen-bond acceptors (Lipinski definition) is 6. The maximum Gasteiger partial charge on any atom is 0.244 e. The van der Waals surface area contributed by atoms with Crippen LogP contribution in [0.3, 0.4) is 0 Å². The molecule has 0 aliphatic heterocycles. The third-order valence-electron chi connectivity index (χ3n) is 2.53. The van der Waals surface area contributed by atoms with E-state index in [-0.39, 0.29) is 11.4 Å². The van der Waals surface area contributed by atoms with Gasteiger partial charge < -0.3 is 9.84 Å². The van der Waals surface area contributed by atoms with Crippen LogP contribution in [0.2, 0.25) is 0 Å². The Kier molecular flexibility index (Phi) is 4.70. The molecular weight excluding hydrogens is 280 g/mol. The molecule has 2 aromatic heterocycles. The number of hydrogen-bond donors (Lipinski definition) is 2. The molecule has 0 fully saturated rings. The maximum absolute atomic E-state index is 12.3. The number of nitrogens with one attached hydrogen (secondary N) is 2. The number of rotatable bonds is 7. The second-order valence-electron chi connectivity index (χ2n) is 4.08. The van der Waals surface area contributed by atoms with E-state index in [1.807, 2.05) is 6.92 Å². The van der Waals surface area contributed by atoms with Crippen molar-refractivity contribution in [2.24, 2.45) is 0 Å². The van der Waals surface area contributed by atoms with Crippen LogP contribution in [-0.2, 0) is 16.6 Å². The molecule has 0 unspecified atom stereocenters. The van der Waals surface area contributed by atoms with Gasteiger partial charge in [0.05, 0.1) is 12.7 Å². The van der Waals surface area contributed by atoms with Crippen molar-refractivity contribution in [3.05, 3.63) is 36.4 Å². The van der Waals surface area contributed by atoms with Crippen LogP contribution in [0, 0.1) is 0 Å². The highest BCUT2D eigenvalue weighted by atomic mass is 32.2. The Bertz CT molecular complexity index is 640. The zero-order chi connectivity index (χ0) is 14.4. The van der Waals surface area contributed by atoms with E-state index in [9.17, 15) is 8.42 Å². The quantitative estimate of drug-likeness (QED) is 0.801. The third-order valence-corrected chi connectivity index (χ3v) is 3.96. The van der Waals surface area contributed by atoms with Crippen LogP contribution in [0.25, 0.3) is 0 Å². The molecule has 0 saturated carbocycles. The molecule has 20 heavy (non-hydrogen) atoms. The lowest BCUT2D eigenvalue weighted by Crippen LogP contribution is -2.24. The van der Waals surface area contributed by atoms with Gasteiger partial charge in [0, 0.05) is 18.8 Å². The van der Waals surface area contributed by atoms with Gasteiger partial charge in [0.1, 0.15) is 10.7 Å². The van der Waals surface area contributed by atoms with Crippen molar-refractivity contribution in [3.63, 3.8) is 0 Å². The Morgan fingerprint density at radius 3 is 2.85 bits per heavy atom. The summed E-state index contributed by atoms with van der Waals surface area (Å²) in [7, 11) is -3.66. The Hall–Kier alpha value is -1.93. The van der Waals surface area contributed by atoms with E-state index >= 15 is 0 Å². The Morgan fingerprint density at radius 2 is 2.15 bits per heavy atom. The van der Waals surface area contributed by atoms with Gasteiger partial charge >= 0.3 is 0 Å². The Morgan fingerprint density at radius 1 is 1.30 bits per heavy atom. The van der Waals surface area contributed by atoms with Crippen molar-refractivity contribution in [3.8, 4) is 0 Å². The summed E-state index contributed by atoms with van der Waals surface area (Å²) in [6.45, 7) is 2.69. The summed E-state index contributed by atoms with van der Waals surface area (Å²) in [6.07, 6.45) is 3.89. The Balaban J connectivity index is 2.16. The average molecular weight is 296 g/mol. The lowest BCUT2D eigenvalue weighted by atomic mass is 10.4. The molecule has 0 spiro atoms. The smallest absolute Gasteiger partial charge is 0.244 e. The number of sulfonamides is 1. The zero-order valence-corrected chi connectivity index (χ0v) is 11.9. The molecule has 7 nitrogen and oxygen atoms in total. The minimum Gasteiger partial charge on any atom is -0.369 e. The first-order chi connectivity index (χ1) is 9.63. The van der Waals surface area contributed by atoms with E-state index in [0.717, 1.165) is 6.42 Å². The fourth-order valence-corrected chi connectivity index (χ4v) is 2.69. The van der Waals surface area contributed by atoms with Gasteiger partial charge in [0.2, 0.25) is 10.0 Å². The van der Waals surface area contributed by atoms with E-state index in [1.54, 1.807) is 18.3 Å². The molecular formula is C12H16N4O3S. The molecule has 2 aromatic rings. The number of anilines is 1. The van der Waals surface area contributed by atoms with Gasteiger partial charge in [-0.15, -0.1) is 0 Å². The van der Waals surface area contributed by atoms with Crippen molar-refractivity contribution in [1.29, 1.82) is 0 Å². The van der Waals surface area contributed by atoms with Crippen LogP contribution in [0.5, 0.6) is 0 Å².